The van der Waals surface area contributed by atoms with Gasteiger partial charge in [0.05, 0.1) is 19.7 Å². The molecule has 100 heavy (non-hydrogen) atoms. The number of nitro groups is 4. The average Bonchev–Trinajstić information content (AvgIpc) is 0.728. The largest absolute Gasteiger partial charge is 0.457 e. The van der Waals surface area contributed by atoms with Crippen molar-refractivity contribution in [1.29, 1.82) is 0 Å². The Morgan fingerprint density at radius 2 is 0.400 bits per heavy atom. The summed E-state index contributed by atoms with van der Waals surface area (Å²) in [7, 11) is 0. The van der Waals surface area contributed by atoms with Gasteiger partial charge in [-0.15, -0.1) is 0 Å². The molecule has 12 aromatic carbocycles. The number of hydrogen-bond donors (Lipinski definition) is 0. The van der Waals surface area contributed by atoms with E-state index in [2.05, 4.69) is 24.3 Å². The first-order chi connectivity index (χ1) is 48.8. The van der Waals surface area contributed by atoms with E-state index in [0.717, 1.165) is 89.0 Å². The summed E-state index contributed by atoms with van der Waals surface area (Å²) in [5, 5.41) is 48.4. The van der Waals surface area contributed by atoms with E-state index in [1.807, 2.05) is 146 Å². The molecule has 17 rings (SSSR count). The maximum atomic E-state index is 12.1. The van der Waals surface area contributed by atoms with Crippen LogP contribution in [0.1, 0.15) is 90.4 Å². The zero-order chi connectivity index (χ0) is 67.9. The minimum Gasteiger partial charge on any atom is -0.457 e. The maximum Gasteiger partial charge on any atom is 0.270 e. The fourth-order valence-electron chi connectivity index (χ4n) is 14.6. The van der Waals surface area contributed by atoms with Crippen molar-refractivity contribution >= 4 is 22.7 Å². The highest BCUT2D eigenvalue weighted by molar-refractivity contribution is 5.75. The van der Waals surface area contributed by atoms with Gasteiger partial charge in [-0.05, 0) is 91.0 Å². The van der Waals surface area contributed by atoms with Crippen molar-refractivity contribution in [2.75, 3.05) is 27.2 Å². The number of rotatable bonds is 12. The Bertz CT molecular complexity index is 4600. The standard InChI is InChI=1S/C80H52N4O16/c85-81(86)57-9-1-5-53(29-57)45-13-21-49(22-14-45)77-61-33-63-71-37-69(61)93-41-94-70-38-72-64(34-62(70)77)79(51-25-17-47(18-26-51)55-7-3-11-59(31-55)83(89)90)66-36-68-76(40-74(66)98-43-96-72)100-44-99-75-39-73(97-42-95-71)65(78(63)50-23-15-46(16-24-50)54-6-2-10-58(30-54)82(87)88)35-67(75)80(68)52-27-19-48(20-28-52)56-8-4-12-60(32-56)84(91)92/h1-40,77-80H,41-44H2. The van der Waals surface area contributed by atoms with E-state index in [1.165, 1.54) is 24.3 Å². The van der Waals surface area contributed by atoms with Crippen LogP contribution in [-0.2, 0) is 0 Å². The van der Waals surface area contributed by atoms with Crippen LogP contribution in [-0.4, -0.2) is 46.9 Å². The van der Waals surface area contributed by atoms with Gasteiger partial charge in [0.1, 0.15) is 46.0 Å². The van der Waals surface area contributed by atoms with Crippen LogP contribution in [0.2, 0.25) is 0 Å². The molecule has 0 saturated heterocycles. The summed E-state index contributed by atoms with van der Waals surface area (Å²) < 4.78 is 54.2. The van der Waals surface area contributed by atoms with Crippen LogP contribution in [0.5, 0.6) is 46.0 Å². The smallest absolute Gasteiger partial charge is 0.270 e. The van der Waals surface area contributed by atoms with Crippen LogP contribution in [0, 0.1) is 40.5 Å². The second kappa shape index (κ2) is 24.4. The highest BCUT2D eigenvalue weighted by Gasteiger charge is 2.39. The summed E-state index contributed by atoms with van der Waals surface area (Å²) in [6.07, 6.45) is 0. The van der Waals surface area contributed by atoms with Crippen molar-refractivity contribution in [2.45, 2.75) is 23.7 Å². The second-order valence-corrected chi connectivity index (χ2v) is 24.8. The Balaban J connectivity index is 0.962. The summed E-state index contributed by atoms with van der Waals surface area (Å²) in [4.78, 5) is 46.7. The lowest BCUT2D eigenvalue weighted by Gasteiger charge is -2.35. The van der Waals surface area contributed by atoms with E-state index in [9.17, 15) is 40.5 Å². The molecule has 5 aliphatic rings. The fraction of sp³-hybridized carbons (Fsp3) is 0.100. The molecule has 20 nitrogen and oxygen atoms in total. The summed E-state index contributed by atoms with van der Waals surface area (Å²) in [6, 6.07) is 73.5. The van der Waals surface area contributed by atoms with Crippen molar-refractivity contribution in [3.05, 3.63) is 350 Å². The van der Waals surface area contributed by atoms with Crippen LogP contribution in [0.15, 0.2) is 243 Å². The fourth-order valence-corrected chi connectivity index (χ4v) is 14.6. The van der Waals surface area contributed by atoms with Gasteiger partial charge in [-0.1, -0.05) is 146 Å². The predicted molar refractivity (Wildman–Crippen MR) is 368 cm³/mol. The van der Waals surface area contributed by atoms with Crippen LogP contribution in [0.25, 0.3) is 44.5 Å². The van der Waals surface area contributed by atoms with E-state index < -0.39 is 43.4 Å². The lowest BCUT2D eigenvalue weighted by atomic mass is 9.74. The average molecular weight is 1330 g/mol. The second-order valence-electron chi connectivity index (χ2n) is 24.8. The van der Waals surface area contributed by atoms with E-state index in [4.69, 9.17) is 37.9 Å². The molecule has 4 heterocycles. The van der Waals surface area contributed by atoms with Gasteiger partial charge in [-0.3, -0.25) is 40.5 Å². The topological polar surface area (TPSA) is 246 Å². The molecule has 4 aliphatic heterocycles. The Hall–Kier alpha value is -13.4. The van der Waals surface area contributed by atoms with Crippen LogP contribution in [0.3, 0.4) is 0 Å². The monoisotopic (exact) mass is 1320 g/mol. The number of ether oxygens (including phenoxy) is 8. The number of hydrogen-bond acceptors (Lipinski definition) is 16. The minimum atomic E-state index is -0.707. The zero-order valence-electron chi connectivity index (χ0n) is 52.6. The molecular formula is C80H52N4O16. The minimum absolute atomic E-state index is 0.0511. The molecule has 0 amide bonds. The van der Waals surface area contributed by atoms with Gasteiger partial charge in [0.2, 0.25) is 27.2 Å². The molecule has 0 N–H and O–H groups in total. The summed E-state index contributed by atoms with van der Waals surface area (Å²) in [5.74, 6) is 0.664. The van der Waals surface area contributed by atoms with Crippen molar-refractivity contribution < 1.29 is 57.6 Å². The predicted octanol–water partition coefficient (Wildman–Crippen LogP) is 17.9. The summed E-state index contributed by atoms with van der Waals surface area (Å²) in [6.45, 7) is -0.977. The summed E-state index contributed by atoms with van der Waals surface area (Å²) >= 11 is 0. The third-order valence-corrected chi connectivity index (χ3v) is 19.3. The van der Waals surface area contributed by atoms with Gasteiger partial charge < -0.3 is 37.9 Å². The van der Waals surface area contributed by atoms with Gasteiger partial charge in [-0.25, -0.2) is 0 Å². The normalized spacial score (nSPS) is 16.4. The Labute approximate surface area is 568 Å². The highest BCUT2D eigenvalue weighted by Crippen LogP contribution is 2.57. The molecule has 0 unspecified atom stereocenters. The van der Waals surface area contributed by atoms with Gasteiger partial charge in [-0.2, -0.15) is 0 Å². The quantitative estimate of drug-likeness (QED) is 0.0815. The summed E-state index contributed by atoms with van der Waals surface area (Å²) in [5.41, 5.74) is 14.2. The first-order valence-electron chi connectivity index (χ1n) is 32.0. The van der Waals surface area contributed by atoms with Crippen LogP contribution >= 0.6 is 0 Å². The number of benzene rings is 12. The third kappa shape index (κ3) is 10.8. The zero-order valence-corrected chi connectivity index (χ0v) is 52.6. The van der Waals surface area contributed by atoms with Crippen molar-refractivity contribution in [2.24, 2.45) is 0 Å². The maximum absolute atomic E-state index is 12.1. The van der Waals surface area contributed by atoms with Crippen molar-refractivity contribution in [3.63, 3.8) is 0 Å². The lowest BCUT2D eigenvalue weighted by molar-refractivity contribution is -0.385. The van der Waals surface area contributed by atoms with Gasteiger partial charge >= 0.3 is 0 Å². The first kappa shape index (κ1) is 60.3. The Kier molecular flexibility index (Phi) is 14.7. The molecule has 0 saturated carbocycles. The van der Waals surface area contributed by atoms with Crippen molar-refractivity contribution in [3.8, 4) is 90.5 Å². The molecule has 20 heteroatoms. The van der Waals surface area contributed by atoms with Gasteiger partial charge in [0.15, 0.2) is 0 Å². The molecule has 0 atom stereocenters. The SMILES string of the molecule is O=[N+]([O-])c1cccc(-c2ccc(C3c4cc5c6cc4OCOc4cc7c(cc43)C(c3ccc(-c4cccc([N+](=O)[O-])c4)cc3)c3cc4c(cc3OCO7)OCOc3cc(c(cc3C4c3ccc(-c4cccc([N+](=O)[O-])c4)cc3)C5c3ccc(-c4cccc([N+](=O)[O-])c4)cc3)OCO6)cc2)c1. The third-order valence-electron chi connectivity index (χ3n) is 19.3. The number of nitrogens with zero attached hydrogens (tertiary/aromatic N) is 4. The van der Waals surface area contributed by atoms with E-state index >= 15 is 0 Å². The van der Waals surface area contributed by atoms with E-state index in [-0.39, 0.29) is 49.9 Å². The molecular weight excluding hydrogens is 1270 g/mol. The molecule has 0 aromatic heterocycles. The van der Waals surface area contributed by atoms with Crippen LogP contribution in [0.4, 0.5) is 22.7 Å². The lowest BCUT2D eigenvalue weighted by Crippen LogP contribution is -2.23. The molecule has 12 aromatic rings. The first-order valence-corrected chi connectivity index (χ1v) is 32.0. The van der Waals surface area contributed by atoms with Gasteiger partial charge in [0.25, 0.3) is 22.7 Å². The van der Waals surface area contributed by atoms with Gasteiger partial charge in [0, 0.05) is 141 Å². The van der Waals surface area contributed by atoms with E-state index in [0.29, 0.717) is 68.2 Å². The van der Waals surface area contributed by atoms with E-state index in [1.54, 1.807) is 48.5 Å². The molecule has 8 bridgehead atoms. The van der Waals surface area contributed by atoms with Crippen LogP contribution < -0.4 is 37.9 Å². The molecule has 488 valence electrons. The molecule has 0 spiro atoms. The van der Waals surface area contributed by atoms with Crippen molar-refractivity contribution in [1.82, 2.24) is 0 Å². The Morgan fingerprint density at radius 3 is 0.570 bits per heavy atom. The Morgan fingerprint density at radius 1 is 0.220 bits per heavy atom. The highest BCUT2D eigenvalue weighted by atomic mass is 16.7. The molecule has 0 fully saturated rings. The molecule has 1 aliphatic carbocycles. The molecule has 0 radical (unpaired) electrons. The number of non-ortho nitro benzene ring substituents is 4. The number of nitro benzene ring substituents is 4.